The second-order valence-corrected chi connectivity index (χ2v) is 6.42. The summed E-state index contributed by atoms with van der Waals surface area (Å²) < 4.78 is 0. The van der Waals surface area contributed by atoms with Crippen LogP contribution in [0.15, 0.2) is 18.2 Å². The molecule has 2 unspecified atom stereocenters. The highest BCUT2D eigenvalue weighted by Crippen LogP contribution is 2.32. The number of hydrogen-bond donors (Lipinski definition) is 3. The summed E-state index contributed by atoms with van der Waals surface area (Å²) in [6.45, 7) is 2.19. The van der Waals surface area contributed by atoms with Gasteiger partial charge in [-0.25, -0.2) is 4.79 Å². The fourth-order valence-electron chi connectivity index (χ4n) is 2.53. The molecular formula is C14H20N2O2S. The van der Waals surface area contributed by atoms with Crippen LogP contribution in [-0.2, 0) is 0 Å². The van der Waals surface area contributed by atoms with Gasteiger partial charge >= 0.3 is 5.97 Å². The first-order chi connectivity index (χ1) is 9.10. The van der Waals surface area contributed by atoms with E-state index < -0.39 is 5.97 Å². The second kappa shape index (κ2) is 6.19. The quantitative estimate of drug-likeness (QED) is 0.723. The summed E-state index contributed by atoms with van der Waals surface area (Å²) in [5.41, 5.74) is 6.97. The number of nitrogen functional groups attached to an aromatic ring is 1. The number of carbonyl (C=O) groups is 1. The Kier molecular flexibility index (Phi) is 4.58. The Bertz CT molecular complexity index is 465. The minimum Gasteiger partial charge on any atom is -0.478 e. The van der Waals surface area contributed by atoms with Crippen LogP contribution in [-0.4, -0.2) is 28.1 Å². The van der Waals surface area contributed by atoms with Crippen LogP contribution in [0, 0.1) is 0 Å². The van der Waals surface area contributed by atoms with E-state index in [4.69, 9.17) is 10.8 Å². The molecule has 104 valence electrons. The maximum atomic E-state index is 11.0. The molecule has 1 saturated carbocycles. The van der Waals surface area contributed by atoms with Gasteiger partial charge in [0, 0.05) is 22.7 Å². The Balaban J connectivity index is 2.00. The van der Waals surface area contributed by atoms with Crippen LogP contribution in [0.2, 0.25) is 0 Å². The molecule has 1 aliphatic carbocycles. The summed E-state index contributed by atoms with van der Waals surface area (Å²) in [5, 5.41) is 13.2. The largest absolute Gasteiger partial charge is 0.478 e. The van der Waals surface area contributed by atoms with Crippen LogP contribution < -0.4 is 11.1 Å². The topological polar surface area (TPSA) is 75.3 Å². The summed E-state index contributed by atoms with van der Waals surface area (Å²) in [5.74, 6) is 0.176. The first kappa shape index (κ1) is 14.1. The summed E-state index contributed by atoms with van der Waals surface area (Å²) in [4.78, 5) is 11.0. The van der Waals surface area contributed by atoms with Crippen molar-refractivity contribution < 1.29 is 9.90 Å². The SMILES string of the molecule is CCSC1CCC(Nc2ccc(N)c(C(=O)O)c2)C1. The molecule has 1 aliphatic rings. The van der Waals surface area contributed by atoms with Crippen molar-refractivity contribution in [2.24, 2.45) is 0 Å². The highest BCUT2D eigenvalue weighted by Gasteiger charge is 2.24. The van der Waals surface area contributed by atoms with Crippen molar-refractivity contribution in [1.82, 2.24) is 0 Å². The normalized spacial score (nSPS) is 22.4. The number of hydrogen-bond acceptors (Lipinski definition) is 4. The number of rotatable bonds is 5. The number of nitrogens with one attached hydrogen (secondary N) is 1. The fraction of sp³-hybridized carbons (Fsp3) is 0.500. The lowest BCUT2D eigenvalue weighted by Crippen LogP contribution is -2.16. The number of carboxylic acid groups (broad SMARTS) is 1. The van der Waals surface area contributed by atoms with Crippen molar-refractivity contribution >= 4 is 29.1 Å². The average molecular weight is 280 g/mol. The molecule has 1 aromatic carbocycles. The molecule has 4 N–H and O–H groups in total. The maximum absolute atomic E-state index is 11.0. The van der Waals surface area contributed by atoms with Gasteiger partial charge in [-0.05, 0) is 43.2 Å². The highest BCUT2D eigenvalue weighted by molar-refractivity contribution is 7.99. The van der Waals surface area contributed by atoms with Crippen molar-refractivity contribution in [3.05, 3.63) is 23.8 Å². The Morgan fingerprint density at radius 3 is 3.00 bits per heavy atom. The Hall–Kier alpha value is -1.36. The molecule has 0 heterocycles. The average Bonchev–Trinajstić information content (AvgIpc) is 2.79. The van der Waals surface area contributed by atoms with Gasteiger partial charge in [-0.2, -0.15) is 11.8 Å². The van der Waals surface area contributed by atoms with Crippen LogP contribution in [0.4, 0.5) is 11.4 Å². The van der Waals surface area contributed by atoms with Gasteiger partial charge in [0.1, 0.15) is 0 Å². The van der Waals surface area contributed by atoms with Gasteiger partial charge < -0.3 is 16.2 Å². The molecule has 2 atom stereocenters. The monoisotopic (exact) mass is 280 g/mol. The van der Waals surface area contributed by atoms with Gasteiger partial charge in [0.05, 0.1) is 5.56 Å². The molecule has 5 heteroatoms. The molecule has 19 heavy (non-hydrogen) atoms. The summed E-state index contributed by atoms with van der Waals surface area (Å²) in [6, 6.07) is 5.56. The number of benzene rings is 1. The molecule has 0 amide bonds. The number of aromatic carboxylic acids is 1. The lowest BCUT2D eigenvalue weighted by atomic mass is 10.1. The van der Waals surface area contributed by atoms with E-state index in [9.17, 15) is 4.79 Å². The first-order valence-corrected chi connectivity index (χ1v) is 7.66. The molecule has 0 saturated heterocycles. The van der Waals surface area contributed by atoms with Crippen molar-refractivity contribution in [3.8, 4) is 0 Å². The predicted octanol–water partition coefficient (Wildman–Crippen LogP) is 3.05. The third-order valence-electron chi connectivity index (χ3n) is 3.44. The third-order valence-corrected chi connectivity index (χ3v) is 4.67. The zero-order valence-electron chi connectivity index (χ0n) is 11.1. The molecular weight excluding hydrogens is 260 g/mol. The highest BCUT2D eigenvalue weighted by atomic mass is 32.2. The lowest BCUT2D eigenvalue weighted by Gasteiger charge is -2.15. The summed E-state index contributed by atoms with van der Waals surface area (Å²) in [7, 11) is 0. The van der Waals surface area contributed by atoms with E-state index in [1.807, 2.05) is 17.8 Å². The van der Waals surface area contributed by atoms with Gasteiger partial charge in [0.2, 0.25) is 0 Å². The van der Waals surface area contributed by atoms with Crippen LogP contribution in [0.1, 0.15) is 36.5 Å². The van der Waals surface area contributed by atoms with Crippen LogP contribution in [0.5, 0.6) is 0 Å². The predicted molar refractivity (Wildman–Crippen MR) is 81.0 cm³/mol. The molecule has 4 nitrogen and oxygen atoms in total. The summed E-state index contributed by atoms with van der Waals surface area (Å²) >= 11 is 2.01. The van der Waals surface area contributed by atoms with Crippen LogP contribution >= 0.6 is 11.8 Å². The molecule has 0 aliphatic heterocycles. The smallest absolute Gasteiger partial charge is 0.337 e. The van der Waals surface area contributed by atoms with Crippen molar-refractivity contribution in [1.29, 1.82) is 0 Å². The second-order valence-electron chi connectivity index (χ2n) is 4.84. The molecule has 0 aromatic heterocycles. The van der Waals surface area contributed by atoms with E-state index in [0.29, 0.717) is 11.7 Å². The number of carboxylic acids is 1. The fourth-order valence-corrected chi connectivity index (χ4v) is 3.67. The van der Waals surface area contributed by atoms with Crippen molar-refractivity contribution in [2.45, 2.75) is 37.5 Å². The third kappa shape index (κ3) is 3.56. The minimum absolute atomic E-state index is 0.169. The number of nitrogens with two attached hydrogens (primary N) is 1. The van der Waals surface area contributed by atoms with E-state index in [2.05, 4.69) is 12.2 Å². The van der Waals surface area contributed by atoms with Gasteiger partial charge in [-0.15, -0.1) is 0 Å². The van der Waals surface area contributed by atoms with E-state index >= 15 is 0 Å². The van der Waals surface area contributed by atoms with Gasteiger partial charge in [-0.3, -0.25) is 0 Å². The molecule has 1 aromatic rings. The minimum atomic E-state index is -0.980. The van der Waals surface area contributed by atoms with Crippen LogP contribution in [0.3, 0.4) is 0 Å². The van der Waals surface area contributed by atoms with Gasteiger partial charge in [-0.1, -0.05) is 6.92 Å². The van der Waals surface area contributed by atoms with E-state index in [-0.39, 0.29) is 5.56 Å². The molecule has 2 rings (SSSR count). The Morgan fingerprint density at radius 1 is 1.53 bits per heavy atom. The molecule has 1 fully saturated rings. The standard InChI is InChI=1S/C14H20N2O2S/c1-2-19-11-5-3-9(7-11)16-10-4-6-13(15)12(8-10)14(17)18/h4,6,8-9,11,16H,2-3,5,7,15H2,1H3,(H,17,18). The first-order valence-electron chi connectivity index (χ1n) is 6.61. The Labute approximate surface area is 117 Å². The zero-order valence-corrected chi connectivity index (χ0v) is 11.9. The number of anilines is 2. The van der Waals surface area contributed by atoms with Gasteiger partial charge in [0.15, 0.2) is 0 Å². The number of thioether (sulfide) groups is 1. The van der Waals surface area contributed by atoms with E-state index in [1.54, 1.807) is 12.1 Å². The molecule has 0 bridgehead atoms. The molecule has 0 radical (unpaired) electrons. The zero-order chi connectivity index (χ0) is 13.8. The Morgan fingerprint density at radius 2 is 2.32 bits per heavy atom. The lowest BCUT2D eigenvalue weighted by molar-refractivity contribution is 0.0698. The maximum Gasteiger partial charge on any atom is 0.337 e. The van der Waals surface area contributed by atoms with Gasteiger partial charge in [0.25, 0.3) is 0 Å². The molecule has 0 spiro atoms. The van der Waals surface area contributed by atoms with Crippen LogP contribution in [0.25, 0.3) is 0 Å². The van der Waals surface area contributed by atoms with Crippen molar-refractivity contribution in [2.75, 3.05) is 16.8 Å². The van der Waals surface area contributed by atoms with Crippen molar-refractivity contribution in [3.63, 3.8) is 0 Å². The van der Waals surface area contributed by atoms with E-state index in [0.717, 1.165) is 29.5 Å². The van der Waals surface area contributed by atoms with E-state index in [1.165, 1.54) is 6.42 Å². The summed E-state index contributed by atoms with van der Waals surface area (Å²) in [6.07, 6.45) is 3.52.